The van der Waals surface area contributed by atoms with Gasteiger partial charge in [-0.05, 0) is 5.56 Å². The number of nitrogens with zero attached hydrogens (tertiary/aromatic N) is 1. The summed E-state index contributed by atoms with van der Waals surface area (Å²) in [5, 5.41) is 3.56. The minimum Gasteiger partial charge on any atom is -0.316 e. The molecule has 1 aromatic rings. The van der Waals surface area contributed by atoms with Crippen LogP contribution in [0.25, 0.3) is 0 Å². The standard InChI is InChI=1S/C15H22N2/c1-14-9-16-10-15(14,2)12-17(11-14)8-13-6-4-3-5-7-13/h3-7,16H,8-12H2,1-2H3/t14-,15-/m1/s1. The average Bonchev–Trinajstić information content (AvgIpc) is 2.67. The first-order chi connectivity index (χ1) is 8.11. The van der Waals surface area contributed by atoms with E-state index in [0.29, 0.717) is 10.8 Å². The zero-order valence-corrected chi connectivity index (χ0v) is 10.9. The predicted molar refractivity (Wildman–Crippen MR) is 70.8 cm³/mol. The number of hydrogen-bond donors (Lipinski definition) is 1. The van der Waals surface area contributed by atoms with Gasteiger partial charge in [0.2, 0.25) is 0 Å². The summed E-state index contributed by atoms with van der Waals surface area (Å²) in [5.74, 6) is 0. The van der Waals surface area contributed by atoms with E-state index < -0.39 is 0 Å². The van der Waals surface area contributed by atoms with E-state index in [-0.39, 0.29) is 0 Å². The van der Waals surface area contributed by atoms with Gasteiger partial charge in [0.1, 0.15) is 0 Å². The molecule has 1 N–H and O–H groups in total. The minimum atomic E-state index is 0.460. The molecule has 3 rings (SSSR count). The van der Waals surface area contributed by atoms with Crippen LogP contribution in [0.2, 0.25) is 0 Å². The Bertz CT molecular complexity index is 385. The first kappa shape index (κ1) is 11.2. The molecule has 2 aliphatic rings. The van der Waals surface area contributed by atoms with E-state index in [2.05, 4.69) is 54.4 Å². The third kappa shape index (κ3) is 1.80. The van der Waals surface area contributed by atoms with Crippen LogP contribution in [0.5, 0.6) is 0 Å². The first-order valence-corrected chi connectivity index (χ1v) is 6.58. The fourth-order valence-electron chi connectivity index (χ4n) is 3.53. The van der Waals surface area contributed by atoms with Gasteiger partial charge in [0.05, 0.1) is 0 Å². The third-order valence-electron chi connectivity index (χ3n) is 4.88. The lowest BCUT2D eigenvalue weighted by atomic mass is 9.71. The molecular formula is C15H22N2. The molecule has 2 heterocycles. The Morgan fingerprint density at radius 1 is 1.06 bits per heavy atom. The third-order valence-corrected chi connectivity index (χ3v) is 4.88. The second-order valence-electron chi connectivity index (χ2n) is 6.36. The second-order valence-corrected chi connectivity index (χ2v) is 6.36. The van der Waals surface area contributed by atoms with Crippen molar-refractivity contribution in [2.75, 3.05) is 26.2 Å². The van der Waals surface area contributed by atoms with E-state index in [1.807, 2.05) is 0 Å². The molecule has 2 fully saturated rings. The first-order valence-electron chi connectivity index (χ1n) is 6.58. The van der Waals surface area contributed by atoms with Gasteiger partial charge in [0, 0.05) is 43.6 Å². The van der Waals surface area contributed by atoms with Crippen molar-refractivity contribution in [1.29, 1.82) is 0 Å². The number of likely N-dealkylation sites (tertiary alicyclic amines) is 1. The molecule has 0 spiro atoms. The molecule has 2 saturated heterocycles. The van der Waals surface area contributed by atoms with Crippen molar-refractivity contribution in [1.82, 2.24) is 10.2 Å². The number of rotatable bonds is 2. The van der Waals surface area contributed by atoms with Crippen molar-refractivity contribution >= 4 is 0 Å². The highest BCUT2D eigenvalue weighted by molar-refractivity contribution is 5.16. The monoisotopic (exact) mass is 230 g/mol. The van der Waals surface area contributed by atoms with E-state index in [4.69, 9.17) is 0 Å². The van der Waals surface area contributed by atoms with Crippen molar-refractivity contribution < 1.29 is 0 Å². The molecule has 17 heavy (non-hydrogen) atoms. The number of hydrogen-bond acceptors (Lipinski definition) is 2. The SMILES string of the molecule is C[C@]12CNC[C@]1(C)CN(Cc1ccccc1)C2. The Morgan fingerprint density at radius 3 is 2.24 bits per heavy atom. The molecule has 2 aliphatic heterocycles. The molecule has 0 saturated carbocycles. The average molecular weight is 230 g/mol. The Balaban J connectivity index is 1.73. The molecule has 2 atom stereocenters. The van der Waals surface area contributed by atoms with E-state index in [1.165, 1.54) is 31.7 Å². The highest BCUT2D eigenvalue weighted by Crippen LogP contribution is 2.48. The normalized spacial score (nSPS) is 37.3. The van der Waals surface area contributed by atoms with Crippen molar-refractivity contribution in [2.24, 2.45) is 10.8 Å². The van der Waals surface area contributed by atoms with E-state index in [1.54, 1.807) is 0 Å². The van der Waals surface area contributed by atoms with Crippen molar-refractivity contribution in [3.05, 3.63) is 35.9 Å². The van der Waals surface area contributed by atoms with Crippen LogP contribution in [-0.2, 0) is 6.54 Å². The summed E-state index contributed by atoms with van der Waals surface area (Å²) in [6, 6.07) is 10.8. The lowest BCUT2D eigenvalue weighted by molar-refractivity contribution is 0.212. The van der Waals surface area contributed by atoms with Crippen LogP contribution in [0.15, 0.2) is 30.3 Å². The van der Waals surface area contributed by atoms with Gasteiger partial charge in [-0.1, -0.05) is 44.2 Å². The van der Waals surface area contributed by atoms with Gasteiger partial charge in [-0.25, -0.2) is 0 Å². The molecule has 0 bridgehead atoms. The fourth-order valence-corrected chi connectivity index (χ4v) is 3.53. The number of nitrogens with one attached hydrogen (secondary N) is 1. The summed E-state index contributed by atoms with van der Waals surface area (Å²) >= 11 is 0. The Hall–Kier alpha value is -0.860. The molecule has 0 aliphatic carbocycles. The zero-order valence-electron chi connectivity index (χ0n) is 10.9. The van der Waals surface area contributed by atoms with Crippen LogP contribution in [0.3, 0.4) is 0 Å². The molecule has 2 heteroatoms. The van der Waals surface area contributed by atoms with E-state index >= 15 is 0 Å². The van der Waals surface area contributed by atoms with Gasteiger partial charge in [0.15, 0.2) is 0 Å². The molecular weight excluding hydrogens is 208 g/mol. The Labute approximate surface area is 104 Å². The van der Waals surface area contributed by atoms with Crippen molar-refractivity contribution in [2.45, 2.75) is 20.4 Å². The summed E-state index contributed by atoms with van der Waals surface area (Å²) < 4.78 is 0. The Morgan fingerprint density at radius 2 is 1.65 bits per heavy atom. The van der Waals surface area contributed by atoms with Gasteiger partial charge >= 0.3 is 0 Å². The largest absolute Gasteiger partial charge is 0.316 e. The predicted octanol–water partition coefficient (Wildman–Crippen LogP) is 2.12. The zero-order chi connectivity index (χ0) is 11.9. The summed E-state index contributed by atoms with van der Waals surface area (Å²) in [5.41, 5.74) is 2.36. The van der Waals surface area contributed by atoms with Crippen LogP contribution in [0, 0.1) is 10.8 Å². The maximum Gasteiger partial charge on any atom is 0.0234 e. The van der Waals surface area contributed by atoms with Gasteiger partial charge in [-0.3, -0.25) is 4.90 Å². The minimum absolute atomic E-state index is 0.460. The molecule has 0 amide bonds. The molecule has 0 radical (unpaired) electrons. The second kappa shape index (κ2) is 3.82. The van der Waals surface area contributed by atoms with Crippen molar-refractivity contribution in [3.8, 4) is 0 Å². The van der Waals surface area contributed by atoms with Gasteiger partial charge in [0.25, 0.3) is 0 Å². The fraction of sp³-hybridized carbons (Fsp3) is 0.600. The lowest BCUT2D eigenvalue weighted by Crippen LogP contribution is -2.34. The van der Waals surface area contributed by atoms with Crippen LogP contribution >= 0.6 is 0 Å². The topological polar surface area (TPSA) is 15.3 Å². The molecule has 2 nitrogen and oxygen atoms in total. The van der Waals surface area contributed by atoms with Crippen molar-refractivity contribution in [3.63, 3.8) is 0 Å². The number of benzene rings is 1. The van der Waals surface area contributed by atoms with Crippen LogP contribution in [-0.4, -0.2) is 31.1 Å². The van der Waals surface area contributed by atoms with Gasteiger partial charge < -0.3 is 5.32 Å². The Kier molecular flexibility index (Phi) is 2.53. The van der Waals surface area contributed by atoms with Crippen LogP contribution in [0.4, 0.5) is 0 Å². The highest BCUT2D eigenvalue weighted by atomic mass is 15.2. The van der Waals surface area contributed by atoms with Gasteiger partial charge in [-0.15, -0.1) is 0 Å². The summed E-state index contributed by atoms with van der Waals surface area (Å²) in [4.78, 5) is 2.62. The van der Waals surface area contributed by atoms with E-state index in [0.717, 1.165) is 6.54 Å². The summed E-state index contributed by atoms with van der Waals surface area (Å²) in [6.45, 7) is 10.8. The summed E-state index contributed by atoms with van der Waals surface area (Å²) in [7, 11) is 0. The van der Waals surface area contributed by atoms with Crippen LogP contribution in [0.1, 0.15) is 19.4 Å². The smallest absolute Gasteiger partial charge is 0.0234 e. The van der Waals surface area contributed by atoms with Crippen LogP contribution < -0.4 is 5.32 Å². The summed E-state index contributed by atoms with van der Waals surface area (Å²) in [6.07, 6.45) is 0. The highest BCUT2D eigenvalue weighted by Gasteiger charge is 2.54. The number of fused-ring (bicyclic) bond motifs is 1. The maximum atomic E-state index is 3.56. The quantitative estimate of drug-likeness (QED) is 0.837. The lowest BCUT2D eigenvalue weighted by Gasteiger charge is -2.31. The van der Waals surface area contributed by atoms with Gasteiger partial charge in [-0.2, -0.15) is 0 Å². The molecule has 1 aromatic carbocycles. The molecule has 0 aromatic heterocycles. The molecule has 0 unspecified atom stereocenters. The maximum absolute atomic E-state index is 3.56. The van der Waals surface area contributed by atoms with E-state index in [9.17, 15) is 0 Å². The molecule has 92 valence electrons.